The van der Waals surface area contributed by atoms with E-state index in [-0.39, 0.29) is 12.6 Å². The largest absolute Gasteiger partial charge is 0.496 e. The van der Waals surface area contributed by atoms with Crippen molar-refractivity contribution in [3.05, 3.63) is 17.8 Å². The van der Waals surface area contributed by atoms with Crippen molar-refractivity contribution in [2.24, 2.45) is 0 Å². The normalized spacial score (nSPS) is 22.9. The lowest BCUT2D eigenvalue weighted by Crippen LogP contribution is -2.41. The average molecular weight is 422 g/mol. The van der Waals surface area contributed by atoms with Gasteiger partial charge in [-0.05, 0) is 60.3 Å². The number of carbonyl (C=O) groups excluding carboxylic acids is 1. The molecular formula is C21H35BN2O4S. The molecule has 1 fully saturated rings. The second kappa shape index (κ2) is 7.25. The summed E-state index contributed by atoms with van der Waals surface area (Å²) in [6.45, 7) is 12.9. The molecule has 1 aromatic heterocycles. The van der Waals surface area contributed by atoms with Crippen molar-refractivity contribution in [3.63, 3.8) is 0 Å². The Morgan fingerprint density at radius 1 is 1.10 bits per heavy atom. The number of nitrogens with zero attached hydrogens (tertiary/aromatic N) is 2. The van der Waals surface area contributed by atoms with E-state index in [9.17, 15) is 4.79 Å². The highest BCUT2D eigenvalue weighted by Crippen LogP contribution is 2.41. The number of anilines is 1. The van der Waals surface area contributed by atoms with Crippen LogP contribution >= 0.6 is 10.0 Å². The molecule has 0 atom stereocenters. The Kier molecular flexibility index (Phi) is 5.65. The zero-order valence-corrected chi connectivity index (χ0v) is 20.1. The van der Waals surface area contributed by atoms with Crippen molar-refractivity contribution in [3.8, 4) is 0 Å². The van der Waals surface area contributed by atoms with E-state index in [2.05, 4.69) is 23.8 Å². The van der Waals surface area contributed by atoms with E-state index in [0.29, 0.717) is 12.4 Å². The minimum Gasteiger partial charge on any atom is -0.399 e. The summed E-state index contributed by atoms with van der Waals surface area (Å²) in [6.07, 6.45) is 8.53. The Hall–Kier alpha value is -1.09. The van der Waals surface area contributed by atoms with E-state index >= 15 is 0 Å². The Bertz CT molecular complexity index is 788. The van der Waals surface area contributed by atoms with Gasteiger partial charge in [0, 0.05) is 23.0 Å². The molecule has 0 aromatic carbocycles. The van der Waals surface area contributed by atoms with Gasteiger partial charge in [-0.1, -0.05) is 6.07 Å². The third kappa shape index (κ3) is 4.22. The molecule has 162 valence electrons. The lowest BCUT2D eigenvalue weighted by atomic mass is 9.77. The fourth-order valence-corrected chi connectivity index (χ4v) is 4.01. The van der Waals surface area contributed by atoms with Gasteiger partial charge >= 0.3 is 7.12 Å². The molecule has 3 heterocycles. The molecular weight excluding hydrogens is 387 g/mol. The van der Waals surface area contributed by atoms with Crippen molar-refractivity contribution >= 4 is 34.3 Å². The molecule has 0 saturated carbocycles. The summed E-state index contributed by atoms with van der Waals surface area (Å²) in [5, 5.41) is 0. The molecule has 29 heavy (non-hydrogen) atoms. The van der Waals surface area contributed by atoms with Crippen LogP contribution in [-0.2, 0) is 24.3 Å². The number of pyridine rings is 1. The van der Waals surface area contributed by atoms with E-state index in [1.54, 1.807) is 11.1 Å². The first-order chi connectivity index (χ1) is 13.2. The van der Waals surface area contributed by atoms with Gasteiger partial charge in [-0.3, -0.25) is 9.69 Å². The third-order valence-electron chi connectivity index (χ3n) is 6.18. The highest BCUT2D eigenvalue weighted by Gasteiger charge is 2.53. The summed E-state index contributed by atoms with van der Waals surface area (Å²) in [5.41, 5.74) is 0.219. The quantitative estimate of drug-likeness (QED) is 0.521. The van der Waals surface area contributed by atoms with Crippen LogP contribution < -0.4 is 10.4 Å². The van der Waals surface area contributed by atoms with Gasteiger partial charge in [0.25, 0.3) is 0 Å². The predicted octanol–water partition coefficient (Wildman–Crippen LogP) is 2.67. The van der Waals surface area contributed by atoms with Crippen LogP contribution in [-0.4, -0.2) is 67.1 Å². The maximum atomic E-state index is 13.1. The topological polar surface area (TPSA) is 60.9 Å². The molecule has 1 amide bonds. The van der Waals surface area contributed by atoms with Crippen molar-refractivity contribution in [2.45, 2.75) is 58.2 Å². The van der Waals surface area contributed by atoms with Gasteiger partial charge < -0.3 is 14.0 Å². The summed E-state index contributed by atoms with van der Waals surface area (Å²) in [7, 11) is -1.12. The van der Waals surface area contributed by atoms with Gasteiger partial charge in [0.05, 0.1) is 23.2 Å². The highest BCUT2D eigenvalue weighted by atomic mass is 32.3. The van der Waals surface area contributed by atoms with Gasteiger partial charge in [-0.15, -0.1) is 0 Å². The van der Waals surface area contributed by atoms with Gasteiger partial charge in [-0.2, -0.15) is 0 Å². The predicted molar refractivity (Wildman–Crippen MR) is 122 cm³/mol. The number of amides is 1. The van der Waals surface area contributed by atoms with Crippen molar-refractivity contribution < 1.29 is 18.8 Å². The number of rotatable bonds is 6. The molecule has 1 aromatic rings. The lowest BCUT2D eigenvalue weighted by Gasteiger charge is -2.32. The van der Waals surface area contributed by atoms with E-state index in [1.165, 1.54) is 0 Å². The fraction of sp³-hybridized carbons (Fsp3) is 0.714. The average Bonchev–Trinajstić information content (AvgIpc) is 2.91. The Balaban J connectivity index is 1.81. The zero-order valence-electron chi connectivity index (χ0n) is 19.3. The number of fused-ring (bicyclic) bond motifs is 1. The summed E-state index contributed by atoms with van der Waals surface area (Å²) in [5.74, 6) is 1.69. The van der Waals surface area contributed by atoms with Crippen molar-refractivity contribution in [1.82, 2.24) is 4.98 Å². The van der Waals surface area contributed by atoms with Crippen LogP contribution in [0.25, 0.3) is 0 Å². The Morgan fingerprint density at radius 2 is 1.69 bits per heavy atom. The molecule has 0 radical (unpaired) electrons. The van der Waals surface area contributed by atoms with Crippen LogP contribution in [0.5, 0.6) is 0 Å². The first-order valence-electron chi connectivity index (χ1n) is 10.1. The molecule has 8 heteroatoms. The lowest BCUT2D eigenvalue weighted by molar-refractivity contribution is -0.123. The summed E-state index contributed by atoms with van der Waals surface area (Å²) in [4.78, 5) is 19.3. The first-order valence-corrected chi connectivity index (χ1v) is 13.1. The second-order valence-corrected chi connectivity index (χ2v) is 15.0. The molecule has 2 aliphatic heterocycles. The second-order valence-electron chi connectivity index (χ2n) is 10.4. The minimum absolute atomic E-state index is 0.00849. The van der Waals surface area contributed by atoms with Gasteiger partial charge in [-0.25, -0.2) is 15.0 Å². The highest BCUT2D eigenvalue weighted by molar-refractivity contribution is 8.32. The summed E-state index contributed by atoms with van der Waals surface area (Å²) in [6, 6.07) is 2.00. The summed E-state index contributed by atoms with van der Waals surface area (Å²) < 4.78 is 18.2. The standard InChI is InChI=1S/C21H35BN2O4S/c1-19(2)16-12-15(22-27-20(3,4)21(5,6)28-22)13-23-17(16)24(18(19)25)14-26-10-11-29(7,8)9/h12-13H,10-11,14H2,1-9H3. The van der Waals surface area contributed by atoms with Crippen molar-refractivity contribution in [2.75, 3.05) is 42.8 Å². The fourth-order valence-electron chi connectivity index (χ4n) is 3.39. The van der Waals surface area contributed by atoms with Crippen LogP contribution in [0.2, 0.25) is 0 Å². The minimum atomic E-state index is -0.666. The van der Waals surface area contributed by atoms with E-state index < -0.39 is 33.8 Å². The number of ether oxygens (including phenoxy) is 1. The molecule has 3 rings (SSSR count). The van der Waals surface area contributed by atoms with Gasteiger partial charge in [0.2, 0.25) is 5.91 Å². The number of carbonyl (C=O) groups is 1. The molecule has 0 unspecified atom stereocenters. The molecule has 6 nitrogen and oxygen atoms in total. The van der Waals surface area contributed by atoms with Crippen LogP contribution in [0.1, 0.15) is 47.1 Å². The molecule has 0 aliphatic carbocycles. The Morgan fingerprint density at radius 3 is 2.24 bits per heavy atom. The van der Waals surface area contributed by atoms with E-state index in [0.717, 1.165) is 16.8 Å². The van der Waals surface area contributed by atoms with Gasteiger partial charge in [0.1, 0.15) is 12.5 Å². The maximum absolute atomic E-state index is 13.1. The van der Waals surface area contributed by atoms with Crippen molar-refractivity contribution in [1.29, 1.82) is 0 Å². The zero-order chi connectivity index (χ0) is 21.8. The van der Waals surface area contributed by atoms with Crippen LogP contribution in [0, 0.1) is 0 Å². The van der Waals surface area contributed by atoms with Crippen LogP contribution in [0.15, 0.2) is 12.3 Å². The van der Waals surface area contributed by atoms with E-state index in [1.807, 2.05) is 47.6 Å². The number of hydrogen-bond acceptors (Lipinski definition) is 5. The molecule has 0 bridgehead atoms. The molecule has 0 spiro atoms. The van der Waals surface area contributed by atoms with Gasteiger partial charge in [0.15, 0.2) is 0 Å². The number of hydrogen-bond donors (Lipinski definition) is 0. The van der Waals surface area contributed by atoms with E-state index in [4.69, 9.17) is 14.0 Å². The van der Waals surface area contributed by atoms with Crippen LogP contribution in [0.3, 0.4) is 0 Å². The SMILES string of the molecule is CC1(C)C(=O)N(COCCS(C)(C)C)c2ncc(B3OC(C)(C)C(C)(C)O3)cc21. The molecule has 0 N–H and O–H groups in total. The molecule has 1 saturated heterocycles. The first kappa shape index (κ1) is 22.6. The monoisotopic (exact) mass is 422 g/mol. The third-order valence-corrected chi connectivity index (χ3v) is 7.57. The Labute approximate surface area is 177 Å². The maximum Gasteiger partial charge on any atom is 0.496 e. The molecule has 2 aliphatic rings. The van der Waals surface area contributed by atoms with Crippen LogP contribution in [0.4, 0.5) is 5.82 Å². The summed E-state index contributed by atoms with van der Waals surface area (Å²) >= 11 is 0. The smallest absolute Gasteiger partial charge is 0.399 e. The number of aromatic nitrogens is 1.